The summed E-state index contributed by atoms with van der Waals surface area (Å²) in [7, 11) is 0. The number of rotatable bonds is 1. The second kappa shape index (κ2) is 2.86. The molecule has 0 amide bonds. The predicted octanol–water partition coefficient (Wildman–Crippen LogP) is 1.18. The Labute approximate surface area is 73.1 Å². The standard InChI is InChI=1S/C7H6N4S/c8-6-4-12-7(11-6)5-1-2-9-10-3-5/h1-4H,8H2. The Balaban J connectivity index is 2.45. The fourth-order valence-corrected chi connectivity index (χ4v) is 1.54. The molecule has 0 saturated heterocycles. The number of nitrogens with two attached hydrogens (primary N) is 1. The molecule has 0 fully saturated rings. The average Bonchev–Trinajstić information content (AvgIpc) is 2.54. The first-order valence-corrected chi connectivity index (χ1v) is 4.22. The summed E-state index contributed by atoms with van der Waals surface area (Å²) in [5.74, 6) is 0.548. The maximum Gasteiger partial charge on any atom is 0.135 e. The van der Waals surface area contributed by atoms with Gasteiger partial charge >= 0.3 is 0 Å². The molecule has 2 aromatic rings. The minimum Gasteiger partial charge on any atom is -0.383 e. The highest BCUT2D eigenvalue weighted by atomic mass is 32.1. The van der Waals surface area contributed by atoms with Crippen molar-refractivity contribution >= 4 is 17.2 Å². The SMILES string of the molecule is Nc1csc(-c2ccnnc2)n1. The van der Waals surface area contributed by atoms with Crippen LogP contribution in [0.4, 0.5) is 5.82 Å². The summed E-state index contributed by atoms with van der Waals surface area (Å²) in [6.45, 7) is 0. The van der Waals surface area contributed by atoms with Crippen molar-refractivity contribution in [2.24, 2.45) is 0 Å². The van der Waals surface area contributed by atoms with E-state index in [0.29, 0.717) is 5.82 Å². The first-order valence-electron chi connectivity index (χ1n) is 3.34. The topological polar surface area (TPSA) is 64.7 Å². The quantitative estimate of drug-likeness (QED) is 0.712. The molecule has 12 heavy (non-hydrogen) atoms. The molecule has 0 aliphatic heterocycles. The molecular weight excluding hydrogens is 172 g/mol. The normalized spacial score (nSPS) is 10.0. The number of nitrogens with zero attached hydrogens (tertiary/aromatic N) is 3. The van der Waals surface area contributed by atoms with Gasteiger partial charge in [0.2, 0.25) is 0 Å². The third-order valence-corrected chi connectivity index (χ3v) is 2.26. The molecule has 0 saturated carbocycles. The van der Waals surface area contributed by atoms with Crippen molar-refractivity contribution in [3.8, 4) is 10.6 Å². The van der Waals surface area contributed by atoms with E-state index in [1.807, 2.05) is 6.07 Å². The number of hydrogen-bond acceptors (Lipinski definition) is 5. The fraction of sp³-hybridized carbons (Fsp3) is 0. The third-order valence-electron chi connectivity index (χ3n) is 1.35. The van der Waals surface area contributed by atoms with Gasteiger partial charge in [0.25, 0.3) is 0 Å². The zero-order valence-corrected chi connectivity index (χ0v) is 6.95. The van der Waals surface area contributed by atoms with Crippen LogP contribution >= 0.6 is 11.3 Å². The molecule has 0 spiro atoms. The molecule has 0 aliphatic rings. The second-order valence-electron chi connectivity index (χ2n) is 2.21. The van der Waals surface area contributed by atoms with E-state index in [1.165, 1.54) is 11.3 Å². The lowest BCUT2D eigenvalue weighted by Gasteiger charge is -1.90. The van der Waals surface area contributed by atoms with Crippen LogP contribution in [-0.4, -0.2) is 15.2 Å². The van der Waals surface area contributed by atoms with Gasteiger partial charge in [0.15, 0.2) is 0 Å². The summed E-state index contributed by atoms with van der Waals surface area (Å²) in [4.78, 5) is 4.11. The van der Waals surface area contributed by atoms with E-state index >= 15 is 0 Å². The number of hydrogen-bond donors (Lipinski definition) is 1. The van der Waals surface area contributed by atoms with Crippen LogP contribution in [0.3, 0.4) is 0 Å². The van der Waals surface area contributed by atoms with Crippen molar-refractivity contribution < 1.29 is 0 Å². The van der Waals surface area contributed by atoms with E-state index in [2.05, 4.69) is 15.2 Å². The first-order chi connectivity index (χ1) is 5.86. The van der Waals surface area contributed by atoms with Gasteiger partial charge in [-0.25, -0.2) is 4.98 Å². The van der Waals surface area contributed by atoms with Crippen LogP contribution in [0.5, 0.6) is 0 Å². The van der Waals surface area contributed by atoms with Gasteiger partial charge in [-0.2, -0.15) is 10.2 Å². The Kier molecular flexibility index (Phi) is 1.71. The number of nitrogen functional groups attached to an aromatic ring is 1. The Hall–Kier alpha value is -1.49. The van der Waals surface area contributed by atoms with Crippen LogP contribution in [0.2, 0.25) is 0 Å². The fourth-order valence-electron chi connectivity index (χ4n) is 0.836. The molecule has 0 unspecified atom stereocenters. The Bertz CT molecular complexity index is 370. The van der Waals surface area contributed by atoms with E-state index in [1.54, 1.807) is 17.8 Å². The molecule has 2 heterocycles. The van der Waals surface area contributed by atoms with Crippen LogP contribution in [0.25, 0.3) is 10.6 Å². The molecule has 0 aliphatic carbocycles. The molecule has 4 nitrogen and oxygen atoms in total. The zero-order chi connectivity index (χ0) is 8.39. The maximum atomic E-state index is 5.48. The van der Waals surface area contributed by atoms with Crippen LogP contribution in [0, 0.1) is 0 Å². The Morgan fingerprint density at radius 2 is 2.25 bits per heavy atom. The van der Waals surface area contributed by atoms with Crippen molar-refractivity contribution in [1.29, 1.82) is 0 Å². The van der Waals surface area contributed by atoms with Gasteiger partial charge in [-0.1, -0.05) is 0 Å². The molecule has 5 heteroatoms. The number of thiazole rings is 1. The van der Waals surface area contributed by atoms with Crippen LogP contribution < -0.4 is 5.73 Å². The van der Waals surface area contributed by atoms with Crippen LogP contribution in [0.1, 0.15) is 0 Å². The average molecular weight is 178 g/mol. The number of anilines is 1. The van der Waals surface area contributed by atoms with Gasteiger partial charge in [-0.3, -0.25) is 0 Å². The van der Waals surface area contributed by atoms with Gasteiger partial charge in [-0.15, -0.1) is 11.3 Å². The third kappa shape index (κ3) is 1.26. The van der Waals surface area contributed by atoms with E-state index in [0.717, 1.165) is 10.6 Å². The smallest absolute Gasteiger partial charge is 0.135 e. The molecule has 0 atom stereocenters. The molecule has 0 bridgehead atoms. The molecule has 0 radical (unpaired) electrons. The number of aromatic nitrogens is 3. The molecule has 60 valence electrons. The highest BCUT2D eigenvalue weighted by Crippen LogP contribution is 2.22. The molecule has 0 aromatic carbocycles. The molecular formula is C7H6N4S. The van der Waals surface area contributed by atoms with Gasteiger partial charge in [-0.05, 0) is 6.07 Å². The molecule has 2 aromatic heterocycles. The van der Waals surface area contributed by atoms with Gasteiger partial charge in [0.05, 0.1) is 12.4 Å². The summed E-state index contributed by atoms with van der Waals surface area (Å²) in [6, 6.07) is 1.85. The summed E-state index contributed by atoms with van der Waals surface area (Å²) < 4.78 is 0. The van der Waals surface area contributed by atoms with Gasteiger partial charge in [0.1, 0.15) is 10.8 Å². The predicted molar refractivity (Wildman–Crippen MR) is 47.6 cm³/mol. The zero-order valence-electron chi connectivity index (χ0n) is 6.14. The van der Waals surface area contributed by atoms with E-state index < -0.39 is 0 Å². The minimum absolute atomic E-state index is 0.548. The maximum absolute atomic E-state index is 5.48. The van der Waals surface area contributed by atoms with Crippen LogP contribution in [0.15, 0.2) is 23.8 Å². The lowest BCUT2D eigenvalue weighted by molar-refractivity contribution is 1.03. The second-order valence-corrected chi connectivity index (χ2v) is 3.07. The summed E-state index contributed by atoms with van der Waals surface area (Å²) in [6.07, 6.45) is 3.30. The summed E-state index contributed by atoms with van der Waals surface area (Å²) in [5.41, 5.74) is 6.43. The van der Waals surface area contributed by atoms with Crippen molar-refractivity contribution in [1.82, 2.24) is 15.2 Å². The van der Waals surface area contributed by atoms with Crippen molar-refractivity contribution in [2.45, 2.75) is 0 Å². The van der Waals surface area contributed by atoms with Crippen molar-refractivity contribution in [3.05, 3.63) is 23.8 Å². The van der Waals surface area contributed by atoms with Crippen LogP contribution in [-0.2, 0) is 0 Å². The lowest BCUT2D eigenvalue weighted by Crippen LogP contribution is -1.84. The highest BCUT2D eigenvalue weighted by molar-refractivity contribution is 7.13. The van der Waals surface area contributed by atoms with Crippen molar-refractivity contribution in [3.63, 3.8) is 0 Å². The van der Waals surface area contributed by atoms with Gasteiger partial charge < -0.3 is 5.73 Å². The first kappa shape index (κ1) is 7.17. The largest absolute Gasteiger partial charge is 0.383 e. The van der Waals surface area contributed by atoms with E-state index in [9.17, 15) is 0 Å². The lowest BCUT2D eigenvalue weighted by atomic mass is 10.3. The van der Waals surface area contributed by atoms with Gasteiger partial charge in [0, 0.05) is 10.9 Å². The molecule has 2 rings (SSSR count). The van der Waals surface area contributed by atoms with E-state index in [-0.39, 0.29) is 0 Å². The summed E-state index contributed by atoms with van der Waals surface area (Å²) in [5, 5.41) is 10.1. The Morgan fingerprint density at radius 3 is 2.83 bits per heavy atom. The molecule has 2 N–H and O–H groups in total. The monoisotopic (exact) mass is 178 g/mol. The van der Waals surface area contributed by atoms with Crippen molar-refractivity contribution in [2.75, 3.05) is 5.73 Å². The Morgan fingerprint density at radius 1 is 1.33 bits per heavy atom. The summed E-state index contributed by atoms with van der Waals surface area (Å²) >= 11 is 1.50. The highest BCUT2D eigenvalue weighted by Gasteiger charge is 2.01. The minimum atomic E-state index is 0.548. The van der Waals surface area contributed by atoms with E-state index in [4.69, 9.17) is 5.73 Å².